The third-order valence-corrected chi connectivity index (χ3v) is 10.9. The van der Waals surface area contributed by atoms with E-state index >= 15 is 0 Å². The molecule has 4 unspecified atom stereocenters. The molecule has 2 N–H and O–H groups in total. The highest BCUT2D eigenvalue weighted by atomic mass is 35.5. The maximum absolute atomic E-state index is 14.2. The van der Waals surface area contributed by atoms with Crippen molar-refractivity contribution in [1.29, 1.82) is 0 Å². The van der Waals surface area contributed by atoms with E-state index in [1.54, 1.807) is 13.8 Å². The van der Waals surface area contributed by atoms with Gasteiger partial charge in [-0.05, 0) is 69.1 Å². The minimum absolute atomic E-state index is 0.157. The van der Waals surface area contributed by atoms with Gasteiger partial charge in [-0.1, -0.05) is 35.3 Å². The van der Waals surface area contributed by atoms with Crippen LogP contribution in [0.5, 0.6) is 0 Å². The third kappa shape index (κ3) is 6.66. The van der Waals surface area contributed by atoms with E-state index in [0.717, 1.165) is 27.8 Å². The highest BCUT2D eigenvalue weighted by Crippen LogP contribution is 2.36. The lowest BCUT2D eigenvalue weighted by Gasteiger charge is -2.54. The lowest BCUT2D eigenvalue weighted by atomic mass is 9.95. The van der Waals surface area contributed by atoms with E-state index in [1.165, 1.54) is 35.2 Å². The topological polar surface area (TPSA) is 119 Å². The SMILES string of the molecule is CC(C)N1CC2N(C(=O)C(NC(=O)C3CCCN3)CN2S(=O)(=O)c2ccc(Cl)cc2Cl)C(Cc2ccc(C(F)(F)F)cc2)C1=O. The Hall–Kier alpha value is -2.91. The van der Waals surface area contributed by atoms with Gasteiger partial charge in [-0.2, -0.15) is 17.5 Å². The summed E-state index contributed by atoms with van der Waals surface area (Å²) in [6.45, 7) is 3.46. The van der Waals surface area contributed by atoms with Crippen LogP contribution in [0, 0.1) is 0 Å². The van der Waals surface area contributed by atoms with Crippen molar-refractivity contribution < 1.29 is 36.0 Å². The van der Waals surface area contributed by atoms with Crippen molar-refractivity contribution in [3.63, 3.8) is 0 Å². The number of nitrogens with one attached hydrogen (secondary N) is 2. The summed E-state index contributed by atoms with van der Waals surface area (Å²) in [5, 5.41) is 5.76. The molecular formula is C29H32Cl2F3N5O5S. The Balaban J connectivity index is 1.58. The summed E-state index contributed by atoms with van der Waals surface area (Å²) in [6.07, 6.45) is -4.69. The van der Waals surface area contributed by atoms with Crippen molar-refractivity contribution in [2.24, 2.45) is 0 Å². The monoisotopic (exact) mass is 689 g/mol. The zero-order valence-corrected chi connectivity index (χ0v) is 26.7. The van der Waals surface area contributed by atoms with Crippen LogP contribution < -0.4 is 10.6 Å². The molecule has 45 heavy (non-hydrogen) atoms. The first-order chi connectivity index (χ1) is 21.1. The smallest absolute Gasteiger partial charge is 0.342 e. The third-order valence-electron chi connectivity index (χ3n) is 8.34. The molecule has 3 saturated heterocycles. The largest absolute Gasteiger partial charge is 0.416 e. The van der Waals surface area contributed by atoms with E-state index in [9.17, 15) is 36.0 Å². The molecule has 0 radical (unpaired) electrons. The molecule has 3 fully saturated rings. The number of rotatable bonds is 7. The molecule has 16 heteroatoms. The van der Waals surface area contributed by atoms with Crippen molar-refractivity contribution in [2.75, 3.05) is 19.6 Å². The van der Waals surface area contributed by atoms with Crippen LogP contribution in [0.15, 0.2) is 47.4 Å². The Bertz CT molecular complexity index is 1590. The number of benzene rings is 2. The van der Waals surface area contributed by atoms with Gasteiger partial charge in [0.2, 0.25) is 27.7 Å². The van der Waals surface area contributed by atoms with Crippen molar-refractivity contribution in [2.45, 2.75) is 74.5 Å². The Morgan fingerprint density at radius 2 is 1.76 bits per heavy atom. The van der Waals surface area contributed by atoms with E-state index < -0.39 is 76.4 Å². The molecule has 2 aromatic rings. The lowest BCUT2D eigenvalue weighted by Crippen LogP contribution is -2.76. The first kappa shape index (κ1) is 33.5. The highest BCUT2D eigenvalue weighted by Gasteiger charge is 2.54. The van der Waals surface area contributed by atoms with Crippen molar-refractivity contribution in [3.8, 4) is 0 Å². The zero-order chi connectivity index (χ0) is 32.8. The quantitative estimate of drug-likeness (QED) is 0.461. The molecule has 5 rings (SSSR count). The second-order valence-electron chi connectivity index (χ2n) is 11.6. The summed E-state index contributed by atoms with van der Waals surface area (Å²) in [5.41, 5.74) is -0.549. The van der Waals surface area contributed by atoms with Crippen LogP contribution in [0.4, 0.5) is 13.2 Å². The number of hydrogen-bond donors (Lipinski definition) is 2. The van der Waals surface area contributed by atoms with Gasteiger partial charge in [-0.15, -0.1) is 0 Å². The number of fused-ring (bicyclic) bond motifs is 1. The fraction of sp³-hybridized carbons (Fsp3) is 0.483. The number of piperazine rings is 1. The van der Waals surface area contributed by atoms with Gasteiger partial charge in [0.25, 0.3) is 0 Å². The number of carbonyl (C=O) groups excluding carboxylic acids is 3. The second-order valence-corrected chi connectivity index (χ2v) is 14.3. The van der Waals surface area contributed by atoms with Crippen LogP contribution >= 0.6 is 23.2 Å². The number of halogens is 5. The first-order valence-electron chi connectivity index (χ1n) is 14.4. The molecule has 2 aromatic carbocycles. The molecule has 0 bridgehead atoms. The summed E-state index contributed by atoms with van der Waals surface area (Å²) >= 11 is 12.4. The standard InChI is InChI=1S/C29H32Cl2F3N5O5S/c1-16(2)37-15-25-38(45(43,44)24-10-9-19(30)13-20(24)31)14-22(36-26(40)21-4-3-11-35-21)27(41)39(25)23(28(37)42)12-17-5-7-18(8-6-17)29(32,33)34/h5-10,13,16,21-23,25,35H,3-4,11-12,14-15H2,1-2H3,(H,36,40). The molecule has 0 aromatic heterocycles. The summed E-state index contributed by atoms with van der Waals surface area (Å²) in [4.78, 5) is 43.5. The van der Waals surface area contributed by atoms with Crippen LogP contribution in [-0.2, 0) is 37.0 Å². The van der Waals surface area contributed by atoms with Gasteiger partial charge < -0.3 is 20.4 Å². The molecule has 0 aliphatic carbocycles. The van der Waals surface area contributed by atoms with Gasteiger partial charge in [-0.25, -0.2) is 8.42 Å². The summed E-state index contributed by atoms with van der Waals surface area (Å²) < 4.78 is 69.2. The van der Waals surface area contributed by atoms with Crippen LogP contribution in [0.2, 0.25) is 10.0 Å². The van der Waals surface area contributed by atoms with Gasteiger partial charge in [0.1, 0.15) is 23.1 Å². The van der Waals surface area contributed by atoms with E-state index in [1.807, 2.05) is 0 Å². The maximum atomic E-state index is 14.2. The van der Waals surface area contributed by atoms with Crippen LogP contribution in [0.1, 0.15) is 37.8 Å². The van der Waals surface area contributed by atoms with Gasteiger partial charge in [0.05, 0.1) is 23.2 Å². The molecule has 4 atom stereocenters. The van der Waals surface area contributed by atoms with E-state index in [4.69, 9.17) is 23.2 Å². The molecule has 3 amide bonds. The normalized spacial score (nSPS) is 24.7. The second kappa shape index (κ2) is 12.7. The molecular weight excluding hydrogens is 658 g/mol. The number of amides is 3. The van der Waals surface area contributed by atoms with Gasteiger partial charge in [0, 0.05) is 24.0 Å². The van der Waals surface area contributed by atoms with Crippen molar-refractivity contribution in [1.82, 2.24) is 24.7 Å². The minimum Gasteiger partial charge on any atom is -0.342 e. The lowest BCUT2D eigenvalue weighted by molar-refractivity contribution is -0.169. The first-order valence-corrected chi connectivity index (χ1v) is 16.6. The molecule has 0 spiro atoms. The Morgan fingerprint density at radius 3 is 2.33 bits per heavy atom. The molecule has 3 heterocycles. The van der Waals surface area contributed by atoms with Gasteiger partial charge >= 0.3 is 6.18 Å². The number of sulfonamides is 1. The maximum Gasteiger partial charge on any atom is 0.416 e. The molecule has 10 nitrogen and oxygen atoms in total. The predicted octanol–water partition coefficient (Wildman–Crippen LogP) is 3.27. The number of hydrogen-bond acceptors (Lipinski definition) is 6. The fourth-order valence-electron chi connectivity index (χ4n) is 6.02. The predicted molar refractivity (Wildman–Crippen MR) is 160 cm³/mol. The van der Waals surface area contributed by atoms with Crippen LogP contribution in [0.25, 0.3) is 0 Å². The molecule has 3 aliphatic heterocycles. The average molecular weight is 691 g/mol. The zero-order valence-electron chi connectivity index (χ0n) is 24.4. The Labute approximate surface area is 268 Å². The van der Waals surface area contributed by atoms with Crippen molar-refractivity contribution >= 4 is 50.9 Å². The van der Waals surface area contributed by atoms with Crippen molar-refractivity contribution in [3.05, 3.63) is 63.6 Å². The Morgan fingerprint density at radius 1 is 1.07 bits per heavy atom. The van der Waals surface area contributed by atoms with E-state index in [0.29, 0.717) is 18.5 Å². The minimum atomic E-state index is -4.57. The van der Waals surface area contributed by atoms with E-state index in [-0.39, 0.29) is 27.9 Å². The van der Waals surface area contributed by atoms with Crippen LogP contribution in [0.3, 0.4) is 0 Å². The van der Waals surface area contributed by atoms with Gasteiger partial charge in [0.15, 0.2) is 0 Å². The number of carbonyl (C=O) groups is 3. The average Bonchev–Trinajstić information content (AvgIpc) is 3.50. The summed E-state index contributed by atoms with van der Waals surface area (Å²) in [5.74, 6) is -1.66. The molecule has 244 valence electrons. The number of nitrogens with zero attached hydrogens (tertiary/aromatic N) is 3. The fourth-order valence-corrected chi connectivity index (χ4v) is 8.36. The van der Waals surface area contributed by atoms with Gasteiger partial charge in [-0.3, -0.25) is 14.4 Å². The highest BCUT2D eigenvalue weighted by molar-refractivity contribution is 7.89. The number of alkyl halides is 3. The summed E-state index contributed by atoms with van der Waals surface area (Å²) in [7, 11) is -4.46. The summed E-state index contributed by atoms with van der Waals surface area (Å²) in [6, 6.07) is 4.47. The molecule has 0 saturated carbocycles. The Kier molecular flexibility index (Phi) is 9.45. The van der Waals surface area contributed by atoms with E-state index in [2.05, 4.69) is 10.6 Å². The van der Waals surface area contributed by atoms with Crippen LogP contribution in [-0.4, -0.2) is 90.2 Å². The molecule has 3 aliphatic rings.